The maximum atomic E-state index is 11.9. The zero-order chi connectivity index (χ0) is 22.5. The Kier molecular flexibility index (Phi) is 17.0. The minimum Gasteiger partial charge on any atom is -0.377 e. The molecule has 10 heteroatoms. The van der Waals surface area contributed by atoms with Crippen molar-refractivity contribution in [2.75, 3.05) is 85.9 Å². The van der Waals surface area contributed by atoms with Gasteiger partial charge in [0.15, 0.2) is 0 Å². The molecule has 0 fully saturated rings. The maximum absolute atomic E-state index is 11.9. The first kappa shape index (κ1) is 27.5. The lowest BCUT2D eigenvalue weighted by atomic mass is 10.4. The van der Waals surface area contributed by atoms with E-state index in [1.165, 1.54) is 12.1 Å². The van der Waals surface area contributed by atoms with Gasteiger partial charge in [0, 0.05) is 0 Å². The Morgan fingerprint density at radius 2 is 1.00 bits per heavy atom. The monoisotopic (exact) mass is 460 g/mol. The molecule has 1 rings (SSSR count). The molecule has 176 valence electrons. The van der Waals surface area contributed by atoms with Crippen LogP contribution < -0.4 is 0 Å². The van der Waals surface area contributed by atoms with Crippen molar-refractivity contribution in [3.63, 3.8) is 0 Å². The molecule has 0 aromatic heterocycles. The molecule has 0 heterocycles. The molecule has 1 aromatic carbocycles. The molecule has 9 nitrogen and oxygen atoms in total. The summed E-state index contributed by atoms with van der Waals surface area (Å²) >= 11 is 0. The van der Waals surface area contributed by atoms with Crippen molar-refractivity contribution in [3.8, 4) is 12.3 Å². The normalized spacial score (nSPS) is 11.5. The molecule has 0 saturated heterocycles. The van der Waals surface area contributed by atoms with Gasteiger partial charge in [-0.15, -0.1) is 6.42 Å². The summed E-state index contributed by atoms with van der Waals surface area (Å²) in [6.07, 6.45) is 5.05. The number of hydrogen-bond donors (Lipinski definition) is 0. The van der Waals surface area contributed by atoms with E-state index in [1.807, 2.05) is 0 Å². The highest BCUT2D eigenvalue weighted by Gasteiger charge is 2.13. The zero-order valence-electron chi connectivity index (χ0n) is 17.7. The third-order valence-corrected chi connectivity index (χ3v) is 4.87. The molecule has 0 N–H and O–H groups in total. The minimum absolute atomic E-state index is 0.0507. The summed E-state index contributed by atoms with van der Waals surface area (Å²) < 4.78 is 60.4. The summed E-state index contributed by atoms with van der Waals surface area (Å²) in [5, 5.41) is 0. The molecule has 0 aliphatic heterocycles. The third kappa shape index (κ3) is 15.8. The molecule has 0 aliphatic carbocycles. The maximum Gasteiger partial charge on any atom is 0.297 e. The fraction of sp³-hybridized carbons (Fsp3) is 0.619. The van der Waals surface area contributed by atoms with Crippen LogP contribution in [0.5, 0.6) is 0 Å². The van der Waals surface area contributed by atoms with Crippen molar-refractivity contribution < 1.29 is 41.0 Å². The molecule has 0 aliphatic rings. The van der Waals surface area contributed by atoms with Crippen molar-refractivity contribution in [2.24, 2.45) is 0 Å². The van der Waals surface area contributed by atoms with Gasteiger partial charge in [0.1, 0.15) is 6.61 Å². The molecule has 0 radical (unpaired) electrons. The summed E-state index contributed by atoms with van der Waals surface area (Å²) in [5.41, 5.74) is 0. The van der Waals surface area contributed by atoms with Gasteiger partial charge in [-0.2, -0.15) is 8.42 Å². The fourth-order valence-corrected chi connectivity index (χ4v) is 3.00. The number of benzene rings is 1. The Balaban J connectivity index is 1.78. The third-order valence-electron chi connectivity index (χ3n) is 3.54. The van der Waals surface area contributed by atoms with E-state index in [1.54, 1.807) is 18.2 Å². The van der Waals surface area contributed by atoms with Gasteiger partial charge >= 0.3 is 0 Å². The zero-order valence-corrected chi connectivity index (χ0v) is 18.6. The predicted octanol–water partition coefficient (Wildman–Crippen LogP) is 1.12. The van der Waals surface area contributed by atoms with Crippen LogP contribution in [0.1, 0.15) is 0 Å². The number of hydrogen-bond acceptors (Lipinski definition) is 9. The molecule has 0 spiro atoms. The average molecular weight is 461 g/mol. The quantitative estimate of drug-likeness (QED) is 0.152. The van der Waals surface area contributed by atoms with Crippen molar-refractivity contribution in [3.05, 3.63) is 30.3 Å². The highest BCUT2D eigenvalue weighted by molar-refractivity contribution is 7.86. The Bertz CT molecular complexity index is 674. The standard InChI is InChI=1S/C21H32O9S/c1-2-8-24-9-10-25-11-12-26-13-14-27-15-16-28-17-18-29-19-20-30-31(22,23)21-6-4-3-5-7-21/h1,3-7H,8-20H2. The Labute approximate surface area is 185 Å². The molecule has 0 bridgehead atoms. The molecule has 1 aromatic rings. The van der Waals surface area contributed by atoms with Gasteiger partial charge in [-0.05, 0) is 12.1 Å². The van der Waals surface area contributed by atoms with Crippen LogP contribution in [0.25, 0.3) is 0 Å². The number of terminal acetylenes is 1. The van der Waals surface area contributed by atoms with Gasteiger partial charge in [0.25, 0.3) is 10.1 Å². The van der Waals surface area contributed by atoms with Crippen LogP contribution in [0.4, 0.5) is 0 Å². The van der Waals surface area contributed by atoms with Gasteiger partial charge < -0.3 is 28.4 Å². The van der Waals surface area contributed by atoms with E-state index >= 15 is 0 Å². The SMILES string of the molecule is C#CCOCCOCCOCCOCCOCCOCCOS(=O)(=O)c1ccccc1. The Morgan fingerprint density at radius 1 is 0.613 bits per heavy atom. The highest BCUT2D eigenvalue weighted by Crippen LogP contribution is 2.10. The minimum atomic E-state index is -3.74. The van der Waals surface area contributed by atoms with Gasteiger partial charge in [0.05, 0.1) is 84.2 Å². The van der Waals surface area contributed by atoms with Gasteiger partial charge in [-0.25, -0.2) is 0 Å². The first-order valence-electron chi connectivity index (χ1n) is 10.0. The van der Waals surface area contributed by atoms with Crippen LogP contribution in [0.3, 0.4) is 0 Å². The largest absolute Gasteiger partial charge is 0.377 e. The van der Waals surface area contributed by atoms with Gasteiger partial charge in [-0.1, -0.05) is 24.1 Å². The summed E-state index contributed by atoms with van der Waals surface area (Å²) in [4.78, 5) is 0.124. The van der Waals surface area contributed by atoms with E-state index in [0.29, 0.717) is 72.7 Å². The van der Waals surface area contributed by atoms with E-state index < -0.39 is 10.1 Å². The van der Waals surface area contributed by atoms with Crippen LogP contribution in [-0.2, 0) is 42.7 Å². The Hall–Kier alpha value is -1.55. The van der Waals surface area contributed by atoms with E-state index in [9.17, 15) is 8.42 Å². The van der Waals surface area contributed by atoms with Gasteiger partial charge in [-0.3, -0.25) is 4.18 Å². The Morgan fingerprint density at radius 3 is 1.42 bits per heavy atom. The van der Waals surface area contributed by atoms with Crippen LogP contribution in [0.2, 0.25) is 0 Å². The lowest BCUT2D eigenvalue weighted by Gasteiger charge is -2.08. The first-order valence-corrected chi connectivity index (χ1v) is 11.4. The summed E-state index contributed by atoms with van der Waals surface area (Å²) in [6.45, 7) is 4.90. The van der Waals surface area contributed by atoms with Crippen molar-refractivity contribution in [1.29, 1.82) is 0 Å². The second-order valence-corrected chi connectivity index (χ2v) is 7.52. The van der Waals surface area contributed by atoms with Crippen molar-refractivity contribution in [2.45, 2.75) is 4.90 Å². The highest BCUT2D eigenvalue weighted by atomic mass is 32.2. The summed E-state index contributed by atoms with van der Waals surface area (Å²) in [7, 11) is -3.74. The summed E-state index contributed by atoms with van der Waals surface area (Å²) in [5.74, 6) is 2.38. The van der Waals surface area contributed by atoms with Crippen LogP contribution in [0, 0.1) is 12.3 Å². The molecular formula is C21H32O9S. The van der Waals surface area contributed by atoms with Crippen LogP contribution in [0.15, 0.2) is 35.2 Å². The molecule has 0 saturated carbocycles. The van der Waals surface area contributed by atoms with E-state index in [0.717, 1.165) is 0 Å². The first-order chi connectivity index (χ1) is 15.2. The average Bonchev–Trinajstić information content (AvgIpc) is 2.78. The fourth-order valence-electron chi connectivity index (χ4n) is 2.09. The van der Waals surface area contributed by atoms with Crippen LogP contribution in [-0.4, -0.2) is 94.3 Å². The smallest absolute Gasteiger partial charge is 0.297 e. The molecule has 31 heavy (non-hydrogen) atoms. The van der Waals surface area contributed by atoms with E-state index in [2.05, 4.69) is 5.92 Å². The molecular weight excluding hydrogens is 428 g/mol. The lowest BCUT2D eigenvalue weighted by Crippen LogP contribution is -2.15. The number of rotatable bonds is 21. The van der Waals surface area contributed by atoms with Crippen LogP contribution >= 0.6 is 0 Å². The second-order valence-electron chi connectivity index (χ2n) is 5.91. The van der Waals surface area contributed by atoms with E-state index in [-0.39, 0.29) is 18.1 Å². The van der Waals surface area contributed by atoms with Crippen molar-refractivity contribution in [1.82, 2.24) is 0 Å². The van der Waals surface area contributed by atoms with Crippen molar-refractivity contribution >= 4 is 10.1 Å². The van der Waals surface area contributed by atoms with Gasteiger partial charge in [0.2, 0.25) is 0 Å². The summed E-state index contributed by atoms with van der Waals surface area (Å²) in [6, 6.07) is 7.97. The molecule has 0 atom stereocenters. The predicted molar refractivity (Wildman–Crippen MR) is 113 cm³/mol. The number of ether oxygens (including phenoxy) is 6. The lowest BCUT2D eigenvalue weighted by molar-refractivity contribution is -0.0166. The van der Waals surface area contributed by atoms with E-state index in [4.69, 9.17) is 39.0 Å². The molecule has 0 amide bonds. The molecule has 0 unspecified atom stereocenters. The second kappa shape index (κ2) is 19.2. The topological polar surface area (TPSA) is 98.8 Å².